The highest BCUT2D eigenvalue weighted by atomic mass is 19.1. The Morgan fingerprint density at radius 2 is 2.20 bits per heavy atom. The lowest BCUT2D eigenvalue weighted by molar-refractivity contribution is 0.110. The van der Waals surface area contributed by atoms with Crippen LogP contribution in [0, 0.1) is 5.82 Å². The van der Waals surface area contributed by atoms with Gasteiger partial charge in [-0.1, -0.05) is 0 Å². The van der Waals surface area contributed by atoms with Crippen LogP contribution in [-0.4, -0.2) is 29.5 Å². The first-order valence-electron chi connectivity index (χ1n) is 6.93. The summed E-state index contributed by atoms with van der Waals surface area (Å²) in [5, 5.41) is 10.4. The lowest BCUT2D eigenvalue weighted by atomic mass is 10.1. The maximum Gasteiger partial charge on any atom is 0.123 e. The third-order valence-electron chi connectivity index (χ3n) is 3.56. The normalized spacial score (nSPS) is 18.6. The molecule has 5 heteroatoms. The van der Waals surface area contributed by atoms with Gasteiger partial charge < -0.3 is 10.1 Å². The summed E-state index contributed by atoms with van der Waals surface area (Å²) in [5.74, 6) is -0.230. The Morgan fingerprint density at radius 3 is 2.95 bits per heavy atom. The SMILES string of the molecule is Fc1ccc(-c2[nH]ncc2CNC[C@@H]2CCCO2)cc1. The van der Waals surface area contributed by atoms with Gasteiger partial charge in [0, 0.05) is 30.8 Å². The number of nitrogens with one attached hydrogen (secondary N) is 2. The summed E-state index contributed by atoms with van der Waals surface area (Å²) >= 11 is 0. The number of hydrogen-bond donors (Lipinski definition) is 2. The largest absolute Gasteiger partial charge is 0.377 e. The molecule has 1 aliphatic heterocycles. The van der Waals surface area contributed by atoms with E-state index in [4.69, 9.17) is 4.74 Å². The molecule has 1 atom stereocenters. The number of aromatic nitrogens is 2. The van der Waals surface area contributed by atoms with E-state index in [0.29, 0.717) is 6.10 Å². The molecule has 106 valence electrons. The molecule has 0 aliphatic carbocycles. The predicted octanol–water partition coefficient (Wildman–Crippen LogP) is 2.48. The standard InChI is InChI=1S/C15H18FN3O/c16-13-5-3-11(4-6-13)15-12(9-18-19-15)8-17-10-14-2-1-7-20-14/h3-6,9,14,17H,1-2,7-8,10H2,(H,18,19)/t14-/m0/s1. The molecule has 0 unspecified atom stereocenters. The summed E-state index contributed by atoms with van der Waals surface area (Å²) in [6.07, 6.45) is 4.42. The number of halogens is 1. The second-order valence-electron chi connectivity index (χ2n) is 5.04. The van der Waals surface area contributed by atoms with E-state index in [1.54, 1.807) is 18.3 Å². The first kappa shape index (κ1) is 13.3. The van der Waals surface area contributed by atoms with Crippen molar-refractivity contribution in [2.75, 3.05) is 13.2 Å². The van der Waals surface area contributed by atoms with Crippen LogP contribution in [0.25, 0.3) is 11.3 Å². The van der Waals surface area contributed by atoms with Crippen molar-refractivity contribution in [1.29, 1.82) is 0 Å². The minimum Gasteiger partial charge on any atom is -0.377 e. The Hall–Kier alpha value is -1.72. The van der Waals surface area contributed by atoms with Gasteiger partial charge in [0.15, 0.2) is 0 Å². The highest BCUT2D eigenvalue weighted by molar-refractivity contribution is 5.62. The van der Waals surface area contributed by atoms with Gasteiger partial charge in [0.1, 0.15) is 5.82 Å². The monoisotopic (exact) mass is 275 g/mol. The molecule has 0 spiro atoms. The van der Waals surface area contributed by atoms with Gasteiger partial charge in [-0.3, -0.25) is 5.10 Å². The van der Waals surface area contributed by atoms with Crippen LogP contribution in [0.3, 0.4) is 0 Å². The number of ether oxygens (including phenoxy) is 1. The summed E-state index contributed by atoms with van der Waals surface area (Å²) in [7, 11) is 0. The Balaban J connectivity index is 1.62. The van der Waals surface area contributed by atoms with Crippen LogP contribution in [0.4, 0.5) is 4.39 Å². The van der Waals surface area contributed by atoms with Crippen LogP contribution >= 0.6 is 0 Å². The minimum atomic E-state index is -0.230. The van der Waals surface area contributed by atoms with Gasteiger partial charge >= 0.3 is 0 Å². The number of rotatable bonds is 5. The van der Waals surface area contributed by atoms with Gasteiger partial charge in [0.05, 0.1) is 18.0 Å². The van der Waals surface area contributed by atoms with Crippen molar-refractivity contribution < 1.29 is 9.13 Å². The van der Waals surface area contributed by atoms with Crippen molar-refractivity contribution in [3.63, 3.8) is 0 Å². The molecule has 1 aliphatic rings. The van der Waals surface area contributed by atoms with Crippen LogP contribution in [0.15, 0.2) is 30.5 Å². The predicted molar refractivity (Wildman–Crippen MR) is 74.7 cm³/mol. The van der Waals surface area contributed by atoms with E-state index < -0.39 is 0 Å². The molecule has 0 saturated carbocycles. The summed E-state index contributed by atoms with van der Waals surface area (Å²) in [4.78, 5) is 0. The number of H-pyrrole nitrogens is 1. The fourth-order valence-electron chi connectivity index (χ4n) is 2.48. The molecular weight excluding hydrogens is 257 g/mol. The van der Waals surface area contributed by atoms with Crippen LogP contribution in [0.1, 0.15) is 18.4 Å². The molecule has 1 aromatic heterocycles. The van der Waals surface area contributed by atoms with E-state index >= 15 is 0 Å². The van der Waals surface area contributed by atoms with Crippen molar-refractivity contribution in [1.82, 2.24) is 15.5 Å². The fraction of sp³-hybridized carbons (Fsp3) is 0.400. The van der Waals surface area contributed by atoms with Gasteiger partial charge in [0.25, 0.3) is 0 Å². The maximum absolute atomic E-state index is 13.0. The second kappa shape index (κ2) is 6.15. The third-order valence-corrected chi connectivity index (χ3v) is 3.56. The Kier molecular flexibility index (Phi) is 4.08. The average molecular weight is 275 g/mol. The van der Waals surface area contributed by atoms with E-state index in [9.17, 15) is 4.39 Å². The molecule has 1 fully saturated rings. The molecule has 20 heavy (non-hydrogen) atoms. The van der Waals surface area contributed by atoms with Gasteiger partial charge in [-0.25, -0.2) is 4.39 Å². The van der Waals surface area contributed by atoms with Crippen molar-refractivity contribution in [3.05, 3.63) is 41.8 Å². The maximum atomic E-state index is 13.0. The van der Waals surface area contributed by atoms with Crippen LogP contribution in [0.2, 0.25) is 0 Å². The first-order valence-corrected chi connectivity index (χ1v) is 6.93. The lowest BCUT2D eigenvalue weighted by Crippen LogP contribution is -2.25. The van der Waals surface area contributed by atoms with Crippen molar-refractivity contribution in [2.24, 2.45) is 0 Å². The molecule has 0 radical (unpaired) electrons. The quantitative estimate of drug-likeness (QED) is 0.881. The molecule has 0 amide bonds. The number of nitrogens with zero attached hydrogens (tertiary/aromatic N) is 1. The highest BCUT2D eigenvalue weighted by Crippen LogP contribution is 2.21. The molecule has 2 aromatic rings. The molecule has 2 heterocycles. The Bertz CT molecular complexity index is 547. The molecule has 1 saturated heterocycles. The Labute approximate surface area is 117 Å². The van der Waals surface area contributed by atoms with Crippen molar-refractivity contribution in [2.45, 2.75) is 25.5 Å². The number of aromatic amines is 1. The lowest BCUT2D eigenvalue weighted by Gasteiger charge is -2.10. The molecule has 4 nitrogen and oxygen atoms in total. The molecular formula is C15H18FN3O. The fourth-order valence-corrected chi connectivity index (χ4v) is 2.48. The van der Waals surface area contributed by atoms with Crippen LogP contribution < -0.4 is 5.32 Å². The zero-order valence-corrected chi connectivity index (χ0v) is 11.2. The molecule has 0 bridgehead atoms. The zero-order valence-electron chi connectivity index (χ0n) is 11.2. The number of hydrogen-bond acceptors (Lipinski definition) is 3. The Morgan fingerprint density at radius 1 is 1.35 bits per heavy atom. The zero-order chi connectivity index (χ0) is 13.8. The van der Waals surface area contributed by atoms with Crippen molar-refractivity contribution >= 4 is 0 Å². The van der Waals surface area contributed by atoms with E-state index in [0.717, 1.165) is 49.4 Å². The third kappa shape index (κ3) is 3.05. The topological polar surface area (TPSA) is 49.9 Å². The van der Waals surface area contributed by atoms with E-state index in [2.05, 4.69) is 15.5 Å². The van der Waals surface area contributed by atoms with Crippen LogP contribution in [-0.2, 0) is 11.3 Å². The first-order chi connectivity index (χ1) is 9.83. The smallest absolute Gasteiger partial charge is 0.123 e. The summed E-state index contributed by atoms with van der Waals surface area (Å²) < 4.78 is 18.5. The molecule has 2 N–H and O–H groups in total. The highest BCUT2D eigenvalue weighted by Gasteiger charge is 2.15. The summed E-state index contributed by atoms with van der Waals surface area (Å²) in [6.45, 7) is 2.45. The second-order valence-corrected chi connectivity index (χ2v) is 5.04. The molecule has 3 rings (SSSR count). The molecule has 1 aromatic carbocycles. The average Bonchev–Trinajstić information content (AvgIpc) is 3.11. The summed E-state index contributed by atoms with van der Waals surface area (Å²) in [5.41, 5.74) is 2.96. The van der Waals surface area contributed by atoms with Gasteiger partial charge in [-0.2, -0.15) is 5.10 Å². The minimum absolute atomic E-state index is 0.230. The van der Waals surface area contributed by atoms with E-state index in [-0.39, 0.29) is 5.82 Å². The number of benzene rings is 1. The van der Waals surface area contributed by atoms with Crippen LogP contribution in [0.5, 0.6) is 0 Å². The van der Waals surface area contributed by atoms with Gasteiger partial charge in [0.2, 0.25) is 0 Å². The van der Waals surface area contributed by atoms with Crippen molar-refractivity contribution in [3.8, 4) is 11.3 Å². The summed E-state index contributed by atoms with van der Waals surface area (Å²) in [6, 6.07) is 6.43. The van der Waals surface area contributed by atoms with Gasteiger partial charge in [-0.05, 0) is 37.1 Å². The van der Waals surface area contributed by atoms with E-state index in [1.807, 2.05) is 0 Å². The van der Waals surface area contributed by atoms with Gasteiger partial charge in [-0.15, -0.1) is 0 Å². The van der Waals surface area contributed by atoms with E-state index in [1.165, 1.54) is 12.1 Å².